The fourth-order valence-corrected chi connectivity index (χ4v) is 4.27. The average Bonchev–Trinajstić information content (AvgIpc) is 3.22. The number of aryl methyl sites for hydroxylation is 1. The second-order valence-electron chi connectivity index (χ2n) is 7.99. The molecule has 0 spiro atoms. The highest BCUT2D eigenvalue weighted by Gasteiger charge is 2.24. The van der Waals surface area contributed by atoms with Crippen LogP contribution in [0.4, 0.5) is 4.39 Å². The standard InChI is InChI=1S/C24H23FN4O/c1-17-5-7-18(8-6-17)15-29-23(30)21-16-27(14-19-3-2-4-20(25)13-19)11-9-22(21)28-12-10-26-24(28)29/h2-8,10,12-13H,9,11,14-16H2,1H3. The van der Waals surface area contributed by atoms with Crippen molar-refractivity contribution in [1.29, 1.82) is 0 Å². The Labute approximate surface area is 174 Å². The first kappa shape index (κ1) is 18.8. The molecule has 5 rings (SSSR count). The SMILES string of the molecule is Cc1ccc(Cn2c(=O)c3c(n4ccnc24)CCN(Cc2cccc(F)c2)C3)cc1. The van der Waals surface area contributed by atoms with E-state index in [-0.39, 0.29) is 11.4 Å². The summed E-state index contributed by atoms with van der Waals surface area (Å²) < 4.78 is 17.4. The summed E-state index contributed by atoms with van der Waals surface area (Å²) in [5.74, 6) is 0.448. The van der Waals surface area contributed by atoms with Crippen LogP contribution in [0.5, 0.6) is 0 Å². The molecule has 0 bridgehead atoms. The van der Waals surface area contributed by atoms with Gasteiger partial charge >= 0.3 is 0 Å². The van der Waals surface area contributed by atoms with Gasteiger partial charge in [0.15, 0.2) is 0 Å². The molecule has 4 aromatic rings. The maximum absolute atomic E-state index is 13.6. The minimum Gasteiger partial charge on any atom is -0.294 e. The number of nitrogens with zero attached hydrogens (tertiary/aromatic N) is 4. The summed E-state index contributed by atoms with van der Waals surface area (Å²) in [6.45, 7) is 4.52. The third-order valence-corrected chi connectivity index (χ3v) is 5.81. The lowest BCUT2D eigenvalue weighted by Gasteiger charge is -2.29. The number of imidazole rings is 1. The lowest BCUT2D eigenvalue weighted by molar-refractivity contribution is 0.240. The molecule has 0 radical (unpaired) electrons. The van der Waals surface area contributed by atoms with Gasteiger partial charge in [0.05, 0.1) is 12.1 Å². The molecule has 0 saturated carbocycles. The number of aromatic nitrogens is 3. The molecule has 1 aliphatic heterocycles. The number of benzene rings is 2. The van der Waals surface area contributed by atoms with Crippen LogP contribution in [0.1, 0.15) is 27.9 Å². The molecule has 0 N–H and O–H groups in total. The van der Waals surface area contributed by atoms with Crippen molar-refractivity contribution in [3.05, 3.63) is 105 Å². The van der Waals surface area contributed by atoms with Gasteiger partial charge in [0, 0.05) is 44.1 Å². The predicted molar refractivity (Wildman–Crippen MR) is 114 cm³/mol. The van der Waals surface area contributed by atoms with Crippen LogP contribution in [0.25, 0.3) is 5.78 Å². The maximum Gasteiger partial charge on any atom is 0.259 e. The minimum absolute atomic E-state index is 0.00761. The molecular weight excluding hydrogens is 379 g/mol. The molecule has 152 valence electrons. The Morgan fingerprint density at radius 1 is 1.07 bits per heavy atom. The van der Waals surface area contributed by atoms with Gasteiger partial charge in [-0.1, -0.05) is 42.0 Å². The summed E-state index contributed by atoms with van der Waals surface area (Å²) in [4.78, 5) is 20.1. The second kappa shape index (κ2) is 7.54. The van der Waals surface area contributed by atoms with Crippen LogP contribution < -0.4 is 5.56 Å². The largest absolute Gasteiger partial charge is 0.294 e. The summed E-state index contributed by atoms with van der Waals surface area (Å²) in [6.07, 6.45) is 4.44. The van der Waals surface area contributed by atoms with Crippen LogP contribution in [0.2, 0.25) is 0 Å². The molecule has 1 aliphatic rings. The summed E-state index contributed by atoms with van der Waals surface area (Å²) in [6, 6.07) is 14.9. The molecule has 0 amide bonds. The molecule has 6 heteroatoms. The minimum atomic E-state index is -0.231. The number of fused-ring (bicyclic) bond motifs is 3. The van der Waals surface area contributed by atoms with Crippen LogP contribution in [0, 0.1) is 12.7 Å². The van der Waals surface area contributed by atoms with E-state index in [1.54, 1.807) is 22.9 Å². The molecular formula is C24H23FN4O. The molecule has 0 atom stereocenters. The van der Waals surface area contributed by atoms with Crippen molar-refractivity contribution in [2.24, 2.45) is 0 Å². The molecule has 0 saturated heterocycles. The smallest absolute Gasteiger partial charge is 0.259 e. The Morgan fingerprint density at radius 3 is 2.70 bits per heavy atom. The predicted octanol–water partition coefficient (Wildman–Crippen LogP) is 3.55. The fraction of sp³-hybridized carbons (Fsp3) is 0.250. The molecule has 0 aliphatic carbocycles. The molecule has 2 aromatic carbocycles. The lowest BCUT2D eigenvalue weighted by atomic mass is 10.1. The van der Waals surface area contributed by atoms with Crippen molar-refractivity contribution in [3.63, 3.8) is 0 Å². The Balaban J connectivity index is 1.51. The number of halogens is 1. The van der Waals surface area contributed by atoms with Crippen molar-refractivity contribution < 1.29 is 4.39 Å². The van der Waals surface area contributed by atoms with Gasteiger partial charge in [0.1, 0.15) is 5.82 Å². The van der Waals surface area contributed by atoms with E-state index in [4.69, 9.17) is 0 Å². The van der Waals surface area contributed by atoms with Gasteiger partial charge in [-0.2, -0.15) is 0 Å². The van der Waals surface area contributed by atoms with Crippen molar-refractivity contribution in [3.8, 4) is 0 Å². The topological polar surface area (TPSA) is 42.5 Å². The van der Waals surface area contributed by atoms with Crippen LogP contribution in [0.15, 0.2) is 65.7 Å². The normalized spacial score (nSPS) is 14.2. The van der Waals surface area contributed by atoms with E-state index >= 15 is 0 Å². The van der Waals surface area contributed by atoms with Crippen molar-refractivity contribution in [2.75, 3.05) is 6.54 Å². The quantitative estimate of drug-likeness (QED) is 0.524. The third-order valence-electron chi connectivity index (χ3n) is 5.81. The van der Waals surface area contributed by atoms with Gasteiger partial charge in [-0.05, 0) is 30.2 Å². The average molecular weight is 402 g/mol. The molecule has 2 aromatic heterocycles. The van der Waals surface area contributed by atoms with Crippen molar-refractivity contribution in [2.45, 2.75) is 33.0 Å². The van der Waals surface area contributed by atoms with Gasteiger partial charge in [-0.25, -0.2) is 9.37 Å². The van der Waals surface area contributed by atoms with Gasteiger partial charge < -0.3 is 0 Å². The van der Waals surface area contributed by atoms with Crippen LogP contribution in [-0.4, -0.2) is 25.4 Å². The molecule has 30 heavy (non-hydrogen) atoms. The summed E-state index contributed by atoms with van der Waals surface area (Å²) in [5.41, 5.74) is 5.02. The monoisotopic (exact) mass is 402 g/mol. The van der Waals surface area contributed by atoms with Crippen LogP contribution in [0.3, 0.4) is 0 Å². The highest BCUT2D eigenvalue weighted by atomic mass is 19.1. The zero-order chi connectivity index (χ0) is 20.7. The highest BCUT2D eigenvalue weighted by Crippen LogP contribution is 2.20. The Bertz CT molecular complexity index is 1270. The van der Waals surface area contributed by atoms with E-state index in [1.807, 2.05) is 16.7 Å². The highest BCUT2D eigenvalue weighted by molar-refractivity contribution is 5.39. The second-order valence-corrected chi connectivity index (χ2v) is 7.99. The summed E-state index contributed by atoms with van der Waals surface area (Å²) in [7, 11) is 0. The fourth-order valence-electron chi connectivity index (χ4n) is 4.27. The molecule has 0 fully saturated rings. The Morgan fingerprint density at radius 2 is 1.90 bits per heavy atom. The van der Waals surface area contributed by atoms with Gasteiger partial charge in [-0.3, -0.25) is 18.7 Å². The van der Waals surface area contributed by atoms with E-state index in [0.29, 0.717) is 25.4 Å². The van der Waals surface area contributed by atoms with Gasteiger partial charge in [0.2, 0.25) is 5.78 Å². The van der Waals surface area contributed by atoms with E-state index in [0.717, 1.165) is 35.3 Å². The van der Waals surface area contributed by atoms with Crippen molar-refractivity contribution in [1.82, 2.24) is 18.9 Å². The first-order chi connectivity index (χ1) is 14.6. The summed E-state index contributed by atoms with van der Waals surface area (Å²) >= 11 is 0. The van der Waals surface area contributed by atoms with Gasteiger partial charge in [-0.15, -0.1) is 0 Å². The first-order valence-corrected chi connectivity index (χ1v) is 10.2. The number of hydrogen-bond donors (Lipinski definition) is 0. The van der Waals surface area contributed by atoms with Gasteiger partial charge in [0.25, 0.3) is 5.56 Å². The summed E-state index contributed by atoms with van der Waals surface area (Å²) in [5, 5.41) is 0. The van der Waals surface area contributed by atoms with E-state index in [9.17, 15) is 9.18 Å². The van der Waals surface area contributed by atoms with Crippen LogP contribution in [-0.2, 0) is 26.1 Å². The zero-order valence-corrected chi connectivity index (χ0v) is 16.9. The Hall–Kier alpha value is -3.25. The molecule has 0 unspecified atom stereocenters. The molecule has 3 heterocycles. The van der Waals surface area contributed by atoms with E-state index in [1.165, 1.54) is 11.6 Å². The maximum atomic E-state index is 13.6. The first-order valence-electron chi connectivity index (χ1n) is 10.2. The number of hydrogen-bond acceptors (Lipinski definition) is 3. The molecule has 5 nitrogen and oxygen atoms in total. The van der Waals surface area contributed by atoms with Crippen molar-refractivity contribution >= 4 is 5.78 Å². The number of rotatable bonds is 4. The zero-order valence-electron chi connectivity index (χ0n) is 16.9. The van der Waals surface area contributed by atoms with Crippen LogP contribution >= 0.6 is 0 Å². The third kappa shape index (κ3) is 3.44. The Kier molecular flexibility index (Phi) is 4.71. The van der Waals surface area contributed by atoms with E-state index < -0.39 is 0 Å². The van der Waals surface area contributed by atoms with E-state index in [2.05, 4.69) is 41.1 Å². The lowest BCUT2D eigenvalue weighted by Crippen LogP contribution is -2.38.